The summed E-state index contributed by atoms with van der Waals surface area (Å²) in [6, 6.07) is 4.08. The molecule has 0 saturated carbocycles. The molecule has 0 saturated heterocycles. The quantitative estimate of drug-likeness (QED) is 0.852. The van der Waals surface area contributed by atoms with Crippen LogP contribution in [0.3, 0.4) is 0 Å². The summed E-state index contributed by atoms with van der Waals surface area (Å²) >= 11 is 0. The zero-order valence-corrected chi connectivity index (χ0v) is 11.1. The maximum Gasteiger partial charge on any atom is 0.274 e. The highest BCUT2D eigenvalue weighted by molar-refractivity contribution is 6.03. The van der Waals surface area contributed by atoms with Gasteiger partial charge in [0.15, 0.2) is 11.6 Å². The molecule has 1 amide bonds. The topological polar surface area (TPSA) is 54.0 Å². The number of hydrogen-bond acceptors (Lipinski definition) is 3. The van der Waals surface area contributed by atoms with Crippen LogP contribution in [0.25, 0.3) is 0 Å². The smallest absolute Gasteiger partial charge is 0.274 e. The number of nitrogens with one attached hydrogen (secondary N) is 2. The van der Waals surface area contributed by atoms with Crippen LogP contribution in [0.5, 0.6) is 0 Å². The molecule has 4 nitrogen and oxygen atoms in total. The Balaban J connectivity index is 2.22. The molecule has 1 aromatic carbocycles. The van der Waals surface area contributed by atoms with Crippen LogP contribution >= 0.6 is 0 Å². The fourth-order valence-corrected chi connectivity index (χ4v) is 1.67. The lowest BCUT2D eigenvalue weighted by molar-refractivity contribution is 0.102. The van der Waals surface area contributed by atoms with Crippen LogP contribution in [0.1, 0.15) is 17.4 Å². The molecule has 1 aromatic heterocycles. The fraction of sp³-hybridized carbons (Fsp3) is 0.143. The highest BCUT2D eigenvalue weighted by atomic mass is 19.2. The van der Waals surface area contributed by atoms with Gasteiger partial charge in [-0.2, -0.15) is 0 Å². The van der Waals surface area contributed by atoms with Gasteiger partial charge in [-0.3, -0.25) is 9.78 Å². The van der Waals surface area contributed by atoms with Crippen molar-refractivity contribution in [2.75, 3.05) is 17.2 Å². The highest BCUT2D eigenvalue weighted by Crippen LogP contribution is 2.19. The van der Waals surface area contributed by atoms with Crippen LogP contribution in [0.4, 0.5) is 24.5 Å². The zero-order chi connectivity index (χ0) is 15.4. The Hall–Kier alpha value is -2.57. The molecule has 1 heterocycles. The molecule has 0 radical (unpaired) electrons. The predicted octanol–water partition coefficient (Wildman–Crippen LogP) is 3.18. The Labute approximate surface area is 119 Å². The number of amides is 1. The van der Waals surface area contributed by atoms with Gasteiger partial charge in [-0.05, 0) is 19.1 Å². The van der Waals surface area contributed by atoms with Crippen LogP contribution in [0, 0.1) is 17.5 Å². The molecule has 2 aromatic rings. The molecule has 21 heavy (non-hydrogen) atoms. The lowest BCUT2D eigenvalue weighted by Crippen LogP contribution is -2.15. The first-order valence-corrected chi connectivity index (χ1v) is 6.17. The van der Waals surface area contributed by atoms with Crippen molar-refractivity contribution in [2.45, 2.75) is 6.92 Å². The van der Waals surface area contributed by atoms with Crippen LogP contribution in [-0.2, 0) is 0 Å². The van der Waals surface area contributed by atoms with Gasteiger partial charge in [0.2, 0.25) is 0 Å². The van der Waals surface area contributed by atoms with E-state index in [0.717, 1.165) is 0 Å². The Morgan fingerprint density at radius 1 is 1.14 bits per heavy atom. The van der Waals surface area contributed by atoms with E-state index in [-0.39, 0.29) is 5.69 Å². The number of pyridine rings is 1. The first-order chi connectivity index (χ1) is 10.0. The third kappa shape index (κ3) is 3.50. The zero-order valence-electron chi connectivity index (χ0n) is 11.1. The summed E-state index contributed by atoms with van der Waals surface area (Å²) in [6.45, 7) is 2.54. The largest absolute Gasteiger partial charge is 0.385 e. The van der Waals surface area contributed by atoms with Crippen LogP contribution < -0.4 is 10.6 Å². The van der Waals surface area contributed by atoms with Crippen molar-refractivity contribution in [3.8, 4) is 0 Å². The van der Waals surface area contributed by atoms with E-state index in [2.05, 4.69) is 15.6 Å². The van der Waals surface area contributed by atoms with E-state index in [1.807, 2.05) is 6.92 Å². The van der Waals surface area contributed by atoms with E-state index in [1.165, 1.54) is 12.3 Å². The minimum absolute atomic E-state index is 0.0255. The minimum Gasteiger partial charge on any atom is -0.385 e. The number of aromatic nitrogens is 1. The van der Waals surface area contributed by atoms with Gasteiger partial charge < -0.3 is 10.6 Å². The van der Waals surface area contributed by atoms with Crippen molar-refractivity contribution in [1.29, 1.82) is 0 Å². The van der Waals surface area contributed by atoms with Gasteiger partial charge in [-0.25, -0.2) is 13.2 Å². The van der Waals surface area contributed by atoms with Crippen molar-refractivity contribution in [2.24, 2.45) is 0 Å². The molecule has 110 valence electrons. The third-order valence-electron chi connectivity index (χ3n) is 2.63. The molecule has 0 aliphatic carbocycles. The SMILES string of the molecule is CCNc1ccnc(C(=O)Nc2cc(F)c(F)cc2F)c1. The Kier molecular flexibility index (Phi) is 4.42. The summed E-state index contributed by atoms with van der Waals surface area (Å²) < 4.78 is 39.3. The maximum atomic E-state index is 13.5. The van der Waals surface area contributed by atoms with E-state index in [0.29, 0.717) is 24.4 Å². The molecular weight excluding hydrogens is 283 g/mol. The molecule has 2 N–H and O–H groups in total. The van der Waals surface area contributed by atoms with Crippen LogP contribution in [0.15, 0.2) is 30.5 Å². The van der Waals surface area contributed by atoms with Crippen LogP contribution in [0.2, 0.25) is 0 Å². The third-order valence-corrected chi connectivity index (χ3v) is 2.63. The Morgan fingerprint density at radius 3 is 2.57 bits per heavy atom. The normalized spacial score (nSPS) is 10.3. The van der Waals surface area contributed by atoms with Crippen LogP contribution in [-0.4, -0.2) is 17.4 Å². The number of rotatable bonds is 4. The Bertz CT molecular complexity index is 677. The lowest BCUT2D eigenvalue weighted by atomic mass is 10.2. The summed E-state index contributed by atoms with van der Waals surface area (Å²) in [7, 11) is 0. The maximum absolute atomic E-state index is 13.5. The molecule has 0 fully saturated rings. The summed E-state index contributed by atoms with van der Waals surface area (Å²) in [6.07, 6.45) is 1.41. The Morgan fingerprint density at radius 2 is 1.86 bits per heavy atom. The molecule has 0 aliphatic rings. The van der Waals surface area contributed by atoms with E-state index in [9.17, 15) is 18.0 Å². The molecule has 0 atom stereocenters. The number of hydrogen-bond donors (Lipinski definition) is 2. The summed E-state index contributed by atoms with van der Waals surface area (Å²) in [5.41, 5.74) is 0.246. The predicted molar refractivity (Wildman–Crippen MR) is 72.7 cm³/mol. The van der Waals surface area contributed by atoms with E-state index < -0.39 is 29.0 Å². The van der Waals surface area contributed by atoms with E-state index in [4.69, 9.17) is 0 Å². The first kappa shape index (κ1) is 14.8. The molecule has 0 unspecified atom stereocenters. The van der Waals surface area contributed by atoms with Gasteiger partial charge in [0, 0.05) is 30.6 Å². The summed E-state index contributed by atoms with van der Waals surface area (Å²) in [5, 5.41) is 5.14. The van der Waals surface area contributed by atoms with Crippen molar-refractivity contribution < 1.29 is 18.0 Å². The van der Waals surface area contributed by atoms with Gasteiger partial charge in [-0.15, -0.1) is 0 Å². The van der Waals surface area contributed by atoms with E-state index >= 15 is 0 Å². The highest BCUT2D eigenvalue weighted by Gasteiger charge is 2.14. The average molecular weight is 295 g/mol. The number of carbonyl (C=O) groups is 1. The summed E-state index contributed by atoms with van der Waals surface area (Å²) in [4.78, 5) is 15.8. The van der Waals surface area contributed by atoms with Crippen molar-refractivity contribution in [3.63, 3.8) is 0 Å². The second-order valence-electron chi connectivity index (χ2n) is 4.16. The molecule has 0 bridgehead atoms. The fourth-order valence-electron chi connectivity index (χ4n) is 1.67. The van der Waals surface area contributed by atoms with Crippen molar-refractivity contribution >= 4 is 17.3 Å². The van der Waals surface area contributed by atoms with Gasteiger partial charge in [0.25, 0.3) is 5.91 Å². The number of carbonyl (C=O) groups excluding carboxylic acids is 1. The van der Waals surface area contributed by atoms with E-state index in [1.54, 1.807) is 6.07 Å². The van der Waals surface area contributed by atoms with Gasteiger partial charge in [0.05, 0.1) is 5.69 Å². The lowest BCUT2D eigenvalue weighted by Gasteiger charge is -2.08. The second-order valence-corrected chi connectivity index (χ2v) is 4.16. The van der Waals surface area contributed by atoms with Gasteiger partial charge >= 0.3 is 0 Å². The summed E-state index contributed by atoms with van der Waals surface area (Å²) in [5.74, 6) is -4.36. The average Bonchev–Trinajstić information content (AvgIpc) is 2.45. The second kappa shape index (κ2) is 6.25. The minimum atomic E-state index is -1.32. The molecular formula is C14H12F3N3O. The first-order valence-electron chi connectivity index (χ1n) is 6.17. The molecule has 7 heteroatoms. The number of anilines is 2. The van der Waals surface area contributed by atoms with Crippen molar-refractivity contribution in [1.82, 2.24) is 4.98 Å². The number of halogens is 3. The van der Waals surface area contributed by atoms with Gasteiger partial charge in [-0.1, -0.05) is 0 Å². The van der Waals surface area contributed by atoms with Crippen molar-refractivity contribution in [3.05, 3.63) is 53.6 Å². The molecule has 0 aliphatic heterocycles. The number of benzene rings is 1. The molecule has 2 rings (SSSR count). The number of nitrogens with zero attached hydrogens (tertiary/aromatic N) is 1. The van der Waals surface area contributed by atoms with Gasteiger partial charge in [0.1, 0.15) is 11.5 Å². The molecule has 0 spiro atoms. The standard InChI is InChI=1S/C14H12F3N3O/c1-2-18-8-3-4-19-13(5-8)14(21)20-12-7-10(16)9(15)6-11(12)17/h3-7H,2H2,1H3,(H,18,19)(H,20,21). The monoisotopic (exact) mass is 295 g/mol.